The number of aryl methyl sites for hydroxylation is 1. The first-order valence-corrected chi connectivity index (χ1v) is 5.60. The van der Waals surface area contributed by atoms with Crippen LogP contribution in [0, 0.1) is 6.92 Å². The Bertz CT molecular complexity index is 364. The van der Waals surface area contributed by atoms with Crippen LogP contribution in [0.15, 0.2) is 22.7 Å². The molecule has 0 bridgehead atoms. The minimum atomic E-state index is -0.117. The van der Waals surface area contributed by atoms with Gasteiger partial charge in [0.15, 0.2) is 0 Å². The van der Waals surface area contributed by atoms with Crippen molar-refractivity contribution < 1.29 is 4.79 Å². The summed E-state index contributed by atoms with van der Waals surface area (Å²) in [7, 11) is 0. The Morgan fingerprint density at radius 3 is 2.87 bits per heavy atom. The molecule has 1 rings (SSSR count). The number of halogens is 1. The van der Waals surface area contributed by atoms with E-state index in [1.165, 1.54) is 0 Å². The number of carbonyl (C=O) groups excluding carboxylic acids is 1. The van der Waals surface area contributed by atoms with Crippen molar-refractivity contribution in [1.82, 2.24) is 0 Å². The van der Waals surface area contributed by atoms with Crippen molar-refractivity contribution in [3.63, 3.8) is 0 Å². The molecule has 1 atom stereocenters. The standard InChI is InChI=1S/C11H15BrN2O/c1-7-3-4-9(12)10(5-7)14-11(15)6-8(2)13/h3-5,8H,6,13H2,1-2H3,(H,14,15). The topological polar surface area (TPSA) is 55.1 Å². The molecule has 1 aromatic rings. The molecule has 0 aromatic heterocycles. The summed E-state index contributed by atoms with van der Waals surface area (Å²) in [6.45, 7) is 3.79. The van der Waals surface area contributed by atoms with Crippen molar-refractivity contribution >= 4 is 27.5 Å². The first-order valence-electron chi connectivity index (χ1n) is 4.80. The van der Waals surface area contributed by atoms with E-state index in [0.29, 0.717) is 6.42 Å². The lowest BCUT2D eigenvalue weighted by Gasteiger charge is -2.09. The average molecular weight is 271 g/mol. The molecule has 1 unspecified atom stereocenters. The van der Waals surface area contributed by atoms with E-state index in [4.69, 9.17) is 5.73 Å². The Morgan fingerprint density at radius 1 is 1.60 bits per heavy atom. The van der Waals surface area contributed by atoms with Crippen LogP contribution >= 0.6 is 15.9 Å². The number of nitrogens with two attached hydrogens (primary N) is 1. The van der Waals surface area contributed by atoms with Crippen molar-refractivity contribution in [3.05, 3.63) is 28.2 Å². The van der Waals surface area contributed by atoms with Crippen molar-refractivity contribution in [1.29, 1.82) is 0 Å². The second kappa shape index (κ2) is 5.28. The molecule has 0 fully saturated rings. The fraction of sp³-hybridized carbons (Fsp3) is 0.364. The number of hydrogen-bond acceptors (Lipinski definition) is 2. The monoisotopic (exact) mass is 270 g/mol. The predicted molar refractivity (Wildman–Crippen MR) is 65.8 cm³/mol. The zero-order valence-corrected chi connectivity index (χ0v) is 10.5. The zero-order chi connectivity index (χ0) is 11.4. The van der Waals surface area contributed by atoms with E-state index in [2.05, 4.69) is 21.2 Å². The van der Waals surface area contributed by atoms with Crippen LogP contribution in [0.25, 0.3) is 0 Å². The maximum absolute atomic E-state index is 11.5. The third-order valence-electron chi connectivity index (χ3n) is 1.90. The van der Waals surface area contributed by atoms with Gasteiger partial charge in [-0.25, -0.2) is 0 Å². The van der Waals surface area contributed by atoms with Crippen LogP contribution in [0.1, 0.15) is 18.9 Å². The fourth-order valence-electron chi connectivity index (χ4n) is 1.23. The highest BCUT2D eigenvalue weighted by Gasteiger charge is 2.07. The van der Waals surface area contributed by atoms with Crippen LogP contribution in [0.4, 0.5) is 5.69 Å². The molecule has 1 amide bonds. The Labute approximate surface area is 98.2 Å². The molecule has 0 spiro atoms. The van der Waals surface area contributed by atoms with Crippen molar-refractivity contribution in [3.8, 4) is 0 Å². The molecule has 82 valence electrons. The number of rotatable bonds is 3. The summed E-state index contributed by atoms with van der Waals surface area (Å²) in [5, 5.41) is 2.82. The van der Waals surface area contributed by atoms with Crippen LogP contribution in [0.3, 0.4) is 0 Å². The molecule has 15 heavy (non-hydrogen) atoms. The van der Waals surface area contributed by atoms with Gasteiger partial charge in [-0.05, 0) is 47.5 Å². The van der Waals surface area contributed by atoms with Gasteiger partial charge >= 0.3 is 0 Å². The maximum atomic E-state index is 11.5. The number of nitrogens with one attached hydrogen (secondary N) is 1. The minimum Gasteiger partial charge on any atom is -0.327 e. The molecule has 0 aliphatic carbocycles. The van der Waals surface area contributed by atoms with E-state index in [-0.39, 0.29) is 11.9 Å². The summed E-state index contributed by atoms with van der Waals surface area (Å²) in [6.07, 6.45) is 0.334. The van der Waals surface area contributed by atoms with Crippen LogP contribution in [0.2, 0.25) is 0 Å². The summed E-state index contributed by atoms with van der Waals surface area (Å²) in [5.74, 6) is -0.0590. The molecule has 3 nitrogen and oxygen atoms in total. The number of hydrogen-bond donors (Lipinski definition) is 2. The number of anilines is 1. The first-order chi connectivity index (χ1) is 6.99. The molecule has 0 radical (unpaired) electrons. The van der Waals surface area contributed by atoms with Crippen LogP contribution in [-0.4, -0.2) is 11.9 Å². The minimum absolute atomic E-state index is 0.0590. The van der Waals surface area contributed by atoms with Gasteiger partial charge in [0, 0.05) is 16.9 Å². The van der Waals surface area contributed by atoms with E-state index >= 15 is 0 Å². The Hall–Kier alpha value is -0.870. The van der Waals surface area contributed by atoms with E-state index in [9.17, 15) is 4.79 Å². The molecular formula is C11H15BrN2O. The molecular weight excluding hydrogens is 256 g/mol. The fourth-order valence-corrected chi connectivity index (χ4v) is 1.57. The summed E-state index contributed by atoms with van der Waals surface area (Å²) in [5.41, 5.74) is 7.44. The Morgan fingerprint density at radius 2 is 2.27 bits per heavy atom. The van der Waals surface area contributed by atoms with Gasteiger partial charge in [-0.3, -0.25) is 4.79 Å². The van der Waals surface area contributed by atoms with E-state index < -0.39 is 0 Å². The summed E-state index contributed by atoms with van der Waals surface area (Å²) < 4.78 is 0.881. The van der Waals surface area contributed by atoms with Crippen molar-refractivity contribution in [2.24, 2.45) is 5.73 Å². The molecule has 0 heterocycles. The van der Waals surface area contributed by atoms with Gasteiger partial charge in [0.25, 0.3) is 0 Å². The summed E-state index contributed by atoms with van der Waals surface area (Å²) in [4.78, 5) is 11.5. The van der Waals surface area contributed by atoms with E-state index in [1.807, 2.05) is 32.0 Å². The highest BCUT2D eigenvalue weighted by molar-refractivity contribution is 9.10. The molecule has 0 aliphatic rings. The zero-order valence-electron chi connectivity index (χ0n) is 8.88. The van der Waals surface area contributed by atoms with E-state index in [1.54, 1.807) is 0 Å². The summed E-state index contributed by atoms with van der Waals surface area (Å²) in [6, 6.07) is 5.69. The normalized spacial score (nSPS) is 12.3. The summed E-state index contributed by atoms with van der Waals surface area (Å²) >= 11 is 3.38. The van der Waals surface area contributed by atoms with Crippen LogP contribution in [0.5, 0.6) is 0 Å². The van der Waals surface area contributed by atoms with Crippen LogP contribution < -0.4 is 11.1 Å². The SMILES string of the molecule is Cc1ccc(Br)c(NC(=O)CC(C)N)c1. The lowest BCUT2D eigenvalue weighted by Crippen LogP contribution is -2.24. The highest BCUT2D eigenvalue weighted by atomic mass is 79.9. The van der Waals surface area contributed by atoms with Gasteiger partial charge < -0.3 is 11.1 Å². The molecule has 0 saturated heterocycles. The van der Waals surface area contributed by atoms with Gasteiger partial charge in [-0.1, -0.05) is 6.07 Å². The quantitative estimate of drug-likeness (QED) is 0.887. The smallest absolute Gasteiger partial charge is 0.225 e. The van der Waals surface area contributed by atoms with Crippen molar-refractivity contribution in [2.75, 3.05) is 5.32 Å². The maximum Gasteiger partial charge on any atom is 0.225 e. The highest BCUT2D eigenvalue weighted by Crippen LogP contribution is 2.23. The molecule has 4 heteroatoms. The third-order valence-corrected chi connectivity index (χ3v) is 2.59. The lowest BCUT2D eigenvalue weighted by atomic mass is 10.2. The molecule has 0 saturated carbocycles. The van der Waals surface area contributed by atoms with Gasteiger partial charge in [0.05, 0.1) is 5.69 Å². The number of amides is 1. The second-order valence-corrected chi connectivity index (χ2v) is 4.57. The molecule has 0 aliphatic heterocycles. The average Bonchev–Trinajstić information content (AvgIpc) is 2.10. The van der Waals surface area contributed by atoms with Crippen molar-refractivity contribution in [2.45, 2.75) is 26.3 Å². The molecule has 1 aromatic carbocycles. The van der Waals surface area contributed by atoms with Gasteiger partial charge in [-0.15, -0.1) is 0 Å². The lowest BCUT2D eigenvalue weighted by molar-refractivity contribution is -0.116. The van der Waals surface area contributed by atoms with Crippen LogP contribution in [-0.2, 0) is 4.79 Å². The third kappa shape index (κ3) is 4.01. The van der Waals surface area contributed by atoms with Gasteiger partial charge in [0.1, 0.15) is 0 Å². The van der Waals surface area contributed by atoms with E-state index in [0.717, 1.165) is 15.7 Å². The Balaban J connectivity index is 2.71. The van der Waals surface area contributed by atoms with Gasteiger partial charge in [-0.2, -0.15) is 0 Å². The largest absolute Gasteiger partial charge is 0.327 e. The van der Waals surface area contributed by atoms with Gasteiger partial charge in [0.2, 0.25) is 5.91 Å². The number of benzene rings is 1. The first kappa shape index (κ1) is 12.2. The molecule has 3 N–H and O–H groups in total. The number of carbonyl (C=O) groups is 1. The predicted octanol–water partition coefficient (Wildman–Crippen LogP) is 2.43. The second-order valence-electron chi connectivity index (χ2n) is 3.71. The Kier molecular flexibility index (Phi) is 4.29.